The van der Waals surface area contributed by atoms with E-state index in [2.05, 4.69) is 10.3 Å². The molecule has 2 aromatic heterocycles. The van der Waals surface area contributed by atoms with E-state index in [1.807, 2.05) is 42.6 Å². The van der Waals surface area contributed by atoms with Gasteiger partial charge in [-0.3, -0.25) is 9.78 Å². The molecule has 0 atom stereocenters. The summed E-state index contributed by atoms with van der Waals surface area (Å²) in [4.78, 5) is 18.0. The van der Waals surface area contributed by atoms with Gasteiger partial charge in [-0.25, -0.2) is 0 Å². The Balaban J connectivity index is 1.86. The van der Waals surface area contributed by atoms with Crippen molar-refractivity contribution in [2.24, 2.45) is 0 Å². The molecule has 3 rings (SSSR count). The largest absolute Gasteiger partial charge is 0.321 e. The number of aromatic nitrogens is 1. The van der Waals surface area contributed by atoms with Crippen molar-refractivity contribution in [3.05, 3.63) is 70.2 Å². The second-order valence-electron chi connectivity index (χ2n) is 4.74. The first-order chi connectivity index (χ1) is 10.6. The number of hydrogen-bond acceptors (Lipinski definition) is 3. The molecule has 0 saturated heterocycles. The Kier molecular flexibility index (Phi) is 4.22. The summed E-state index contributed by atoms with van der Waals surface area (Å²) < 4.78 is 0. The first-order valence-electron chi connectivity index (χ1n) is 6.72. The van der Waals surface area contributed by atoms with Gasteiger partial charge in [-0.2, -0.15) is 0 Å². The van der Waals surface area contributed by atoms with Gasteiger partial charge >= 0.3 is 0 Å². The monoisotopic (exact) mass is 328 g/mol. The zero-order valence-electron chi connectivity index (χ0n) is 11.8. The number of halogens is 1. The van der Waals surface area contributed by atoms with E-state index in [9.17, 15) is 4.79 Å². The van der Waals surface area contributed by atoms with Gasteiger partial charge in [0.2, 0.25) is 0 Å². The third-order valence-corrected chi connectivity index (χ3v) is 4.45. The molecular weight excluding hydrogens is 316 g/mol. The lowest BCUT2D eigenvalue weighted by Crippen LogP contribution is -2.14. The normalized spacial score (nSPS) is 10.5. The molecule has 2 heterocycles. The van der Waals surface area contributed by atoms with Crippen LogP contribution in [0.3, 0.4) is 0 Å². The molecule has 0 bridgehead atoms. The van der Waals surface area contributed by atoms with Gasteiger partial charge in [-0.05, 0) is 42.6 Å². The number of hydrogen-bond donors (Lipinski definition) is 1. The third kappa shape index (κ3) is 3.03. The Morgan fingerprint density at radius 1 is 1.14 bits per heavy atom. The standard InChI is InChI=1S/C17H13ClN2OS/c1-11-12(8-9-15(19-11)16-7-4-10-22-16)17(21)20-14-6-3-2-5-13(14)18/h2-10H,1H3,(H,20,21). The Morgan fingerprint density at radius 3 is 2.64 bits per heavy atom. The van der Waals surface area contributed by atoms with Crippen LogP contribution in [0.5, 0.6) is 0 Å². The molecule has 0 spiro atoms. The van der Waals surface area contributed by atoms with Gasteiger partial charge in [-0.1, -0.05) is 29.8 Å². The second-order valence-corrected chi connectivity index (χ2v) is 6.10. The fourth-order valence-electron chi connectivity index (χ4n) is 2.11. The average molecular weight is 329 g/mol. The van der Waals surface area contributed by atoms with Crippen molar-refractivity contribution >= 4 is 34.5 Å². The predicted molar refractivity (Wildman–Crippen MR) is 91.7 cm³/mol. The summed E-state index contributed by atoms with van der Waals surface area (Å²) in [5.41, 5.74) is 2.70. The lowest BCUT2D eigenvalue weighted by atomic mass is 10.1. The Morgan fingerprint density at radius 2 is 1.95 bits per heavy atom. The molecule has 1 amide bonds. The van der Waals surface area contributed by atoms with Crippen LogP contribution in [0, 0.1) is 6.92 Å². The van der Waals surface area contributed by atoms with Crippen LogP contribution in [0.2, 0.25) is 5.02 Å². The van der Waals surface area contributed by atoms with Crippen molar-refractivity contribution < 1.29 is 4.79 Å². The number of para-hydroxylation sites is 1. The number of amides is 1. The summed E-state index contributed by atoms with van der Waals surface area (Å²) in [6.45, 7) is 1.83. The number of rotatable bonds is 3. The van der Waals surface area contributed by atoms with E-state index in [0.29, 0.717) is 22.0 Å². The fraction of sp³-hybridized carbons (Fsp3) is 0.0588. The molecule has 3 nitrogen and oxygen atoms in total. The van der Waals surface area contributed by atoms with Crippen LogP contribution in [-0.4, -0.2) is 10.9 Å². The molecule has 1 N–H and O–H groups in total. The summed E-state index contributed by atoms with van der Waals surface area (Å²) in [6, 6.07) is 14.8. The topological polar surface area (TPSA) is 42.0 Å². The molecule has 0 aliphatic rings. The molecule has 0 saturated carbocycles. The van der Waals surface area contributed by atoms with Crippen LogP contribution in [0.4, 0.5) is 5.69 Å². The van der Waals surface area contributed by atoms with Crippen molar-refractivity contribution in [3.8, 4) is 10.6 Å². The maximum atomic E-state index is 12.4. The van der Waals surface area contributed by atoms with Gasteiger partial charge in [0.1, 0.15) is 0 Å². The number of anilines is 1. The lowest BCUT2D eigenvalue weighted by Gasteiger charge is -2.09. The smallest absolute Gasteiger partial charge is 0.257 e. The quantitative estimate of drug-likeness (QED) is 0.733. The van der Waals surface area contributed by atoms with Gasteiger partial charge in [0, 0.05) is 0 Å². The molecule has 1 aromatic carbocycles. The van der Waals surface area contributed by atoms with E-state index in [4.69, 9.17) is 11.6 Å². The van der Waals surface area contributed by atoms with E-state index in [-0.39, 0.29) is 5.91 Å². The van der Waals surface area contributed by atoms with E-state index >= 15 is 0 Å². The average Bonchev–Trinajstić information content (AvgIpc) is 3.03. The highest BCUT2D eigenvalue weighted by molar-refractivity contribution is 7.13. The summed E-state index contributed by atoms with van der Waals surface area (Å²) in [7, 11) is 0. The van der Waals surface area contributed by atoms with Crippen LogP contribution >= 0.6 is 22.9 Å². The number of nitrogens with one attached hydrogen (secondary N) is 1. The van der Waals surface area contributed by atoms with Gasteiger partial charge in [0.05, 0.1) is 32.5 Å². The van der Waals surface area contributed by atoms with Crippen LogP contribution in [0.15, 0.2) is 53.9 Å². The molecule has 0 aliphatic heterocycles. The second kappa shape index (κ2) is 6.30. The number of thiophene rings is 1. The van der Waals surface area contributed by atoms with Gasteiger partial charge in [0.15, 0.2) is 0 Å². The van der Waals surface area contributed by atoms with Gasteiger partial charge in [0.25, 0.3) is 5.91 Å². The molecule has 3 aromatic rings. The van der Waals surface area contributed by atoms with Crippen molar-refractivity contribution in [2.45, 2.75) is 6.92 Å². The Hall–Kier alpha value is -2.17. The minimum atomic E-state index is -0.212. The maximum Gasteiger partial charge on any atom is 0.257 e. The number of benzene rings is 1. The highest BCUT2D eigenvalue weighted by Crippen LogP contribution is 2.25. The van der Waals surface area contributed by atoms with E-state index in [1.54, 1.807) is 29.5 Å². The van der Waals surface area contributed by atoms with E-state index in [0.717, 1.165) is 10.6 Å². The van der Waals surface area contributed by atoms with Crippen LogP contribution in [0.1, 0.15) is 16.1 Å². The fourth-order valence-corrected chi connectivity index (χ4v) is 2.99. The summed E-state index contributed by atoms with van der Waals surface area (Å²) in [5, 5.41) is 5.33. The van der Waals surface area contributed by atoms with Crippen molar-refractivity contribution in [1.29, 1.82) is 0 Å². The molecule has 110 valence electrons. The van der Waals surface area contributed by atoms with E-state index in [1.165, 1.54) is 0 Å². The van der Waals surface area contributed by atoms with Crippen molar-refractivity contribution in [3.63, 3.8) is 0 Å². The highest BCUT2D eigenvalue weighted by Gasteiger charge is 2.13. The molecule has 0 radical (unpaired) electrons. The molecule has 5 heteroatoms. The minimum absolute atomic E-state index is 0.212. The van der Waals surface area contributed by atoms with E-state index < -0.39 is 0 Å². The van der Waals surface area contributed by atoms with Crippen LogP contribution in [-0.2, 0) is 0 Å². The Bertz CT molecular complexity index is 815. The molecule has 0 unspecified atom stereocenters. The lowest BCUT2D eigenvalue weighted by molar-refractivity contribution is 0.102. The van der Waals surface area contributed by atoms with Gasteiger partial charge in [-0.15, -0.1) is 11.3 Å². The number of carbonyl (C=O) groups excluding carboxylic acids is 1. The molecule has 0 aliphatic carbocycles. The first kappa shape index (κ1) is 14.8. The summed E-state index contributed by atoms with van der Waals surface area (Å²) >= 11 is 7.68. The SMILES string of the molecule is Cc1nc(-c2cccs2)ccc1C(=O)Nc1ccccc1Cl. The third-order valence-electron chi connectivity index (χ3n) is 3.23. The number of aryl methyl sites for hydroxylation is 1. The Labute approximate surface area is 137 Å². The predicted octanol–water partition coefficient (Wildman–Crippen LogP) is 5.02. The molecular formula is C17H13ClN2OS. The van der Waals surface area contributed by atoms with Crippen LogP contribution in [0.25, 0.3) is 10.6 Å². The zero-order valence-corrected chi connectivity index (χ0v) is 13.4. The first-order valence-corrected chi connectivity index (χ1v) is 7.98. The minimum Gasteiger partial charge on any atom is -0.321 e. The maximum absolute atomic E-state index is 12.4. The van der Waals surface area contributed by atoms with Gasteiger partial charge < -0.3 is 5.32 Å². The number of pyridine rings is 1. The summed E-state index contributed by atoms with van der Waals surface area (Å²) in [6.07, 6.45) is 0. The summed E-state index contributed by atoms with van der Waals surface area (Å²) in [5.74, 6) is -0.212. The van der Waals surface area contributed by atoms with Crippen LogP contribution < -0.4 is 5.32 Å². The molecule has 0 fully saturated rings. The highest BCUT2D eigenvalue weighted by atomic mass is 35.5. The van der Waals surface area contributed by atoms with Crippen molar-refractivity contribution in [1.82, 2.24) is 4.98 Å². The van der Waals surface area contributed by atoms with Crippen molar-refractivity contribution in [2.75, 3.05) is 5.32 Å². The zero-order chi connectivity index (χ0) is 15.5. The molecule has 22 heavy (non-hydrogen) atoms. The number of nitrogens with zero attached hydrogens (tertiary/aromatic N) is 1. The number of carbonyl (C=O) groups is 1.